The maximum atomic E-state index is 8.36. The quantitative estimate of drug-likeness (QED) is 0.0581. The Balaban J connectivity index is -0.000000462. The molecule has 2 rings (SSSR count). The van der Waals surface area contributed by atoms with Crippen molar-refractivity contribution in [3.8, 4) is 12.3 Å². The van der Waals surface area contributed by atoms with Crippen molar-refractivity contribution in [1.82, 2.24) is 10.2 Å². The topological polar surface area (TPSA) is 77.3 Å². The van der Waals surface area contributed by atoms with Crippen LogP contribution in [0.4, 0.5) is 0 Å². The summed E-state index contributed by atoms with van der Waals surface area (Å²) in [6.45, 7) is 26.9. The summed E-state index contributed by atoms with van der Waals surface area (Å²) in [7, 11) is 3.97. The normalized spacial score (nSPS) is 14.5. The van der Waals surface area contributed by atoms with Crippen LogP contribution in [0.1, 0.15) is 87.6 Å². The lowest BCUT2D eigenvalue weighted by Gasteiger charge is -2.09. The van der Waals surface area contributed by atoms with Gasteiger partial charge in [-0.3, -0.25) is 14.8 Å². The van der Waals surface area contributed by atoms with E-state index in [0.717, 1.165) is 46.6 Å². The third kappa shape index (κ3) is 31.7. The highest BCUT2D eigenvalue weighted by molar-refractivity contribution is 8.04. The van der Waals surface area contributed by atoms with Crippen molar-refractivity contribution < 1.29 is 9.90 Å². The molecule has 1 heterocycles. The zero-order valence-corrected chi connectivity index (χ0v) is 30.1. The Morgan fingerprint density at radius 1 is 1.23 bits per heavy atom. The zero-order valence-electron chi connectivity index (χ0n) is 29.3. The first-order valence-corrected chi connectivity index (χ1v) is 16.1. The highest BCUT2D eigenvalue weighted by Crippen LogP contribution is 2.27. The van der Waals surface area contributed by atoms with Gasteiger partial charge in [-0.2, -0.15) is 0 Å². The minimum absolute atomic E-state index is 0.250. The maximum absolute atomic E-state index is 8.36. The molecule has 0 aliphatic carbocycles. The maximum Gasteiger partial charge on any atom is 0.290 e. The van der Waals surface area contributed by atoms with Crippen molar-refractivity contribution in [1.29, 1.82) is 0 Å². The molecule has 2 N–H and O–H groups in total. The Labute approximate surface area is 270 Å². The molecule has 0 aromatic heterocycles. The zero-order chi connectivity index (χ0) is 34.1. The number of carboxylic acid groups (broad SMARTS) is 1. The van der Waals surface area contributed by atoms with Gasteiger partial charge in [0.1, 0.15) is 0 Å². The fourth-order valence-corrected chi connectivity index (χ4v) is 4.00. The number of aliphatic imine (C=N–C) groups is 2. The number of thioether (sulfide) groups is 1. The summed E-state index contributed by atoms with van der Waals surface area (Å²) in [5.41, 5.74) is 2.09. The Bertz CT molecular complexity index is 950. The van der Waals surface area contributed by atoms with E-state index in [9.17, 15) is 0 Å². The lowest BCUT2D eigenvalue weighted by atomic mass is 10.1. The SMILES string of the molecule is C#Cc1ccc(S/C(C=NC)=C/C(=C/NC(C)=NCC2CCN(C)C2)CC)cc1.C=CC.CC.CC.CC(C)C.O=CO. The first-order chi connectivity index (χ1) is 20.6. The van der Waals surface area contributed by atoms with Crippen LogP contribution in [0.25, 0.3) is 0 Å². The minimum atomic E-state index is -0.250. The van der Waals surface area contributed by atoms with E-state index in [-0.39, 0.29) is 6.47 Å². The Morgan fingerprint density at radius 2 is 1.74 bits per heavy atom. The molecular weight excluding hydrogens is 552 g/mol. The third-order valence-corrected chi connectivity index (χ3v) is 5.76. The number of hydrogen-bond donors (Lipinski definition) is 2. The van der Waals surface area contributed by atoms with Crippen molar-refractivity contribution in [2.45, 2.75) is 87.0 Å². The van der Waals surface area contributed by atoms with E-state index in [1.807, 2.05) is 78.2 Å². The molecule has 1 saturated heterocycles. The van der Waals surface area contributed by atoms with Crippen molar-refractivity contribution in [2.75, 3.05) is 33.7 Å². The van der Waals surface area contributed by atoms with E-state index in [1.54, 1.807) is 24.9 Å². The van der Waals surface area contributed by atoms with Gasteiger partial charge in [-0.05, 0) is 88.0 Å². The van der Waals surface area contributed by atoms with Crippen LogP contribution >= 0.6 is 11.8 Å². The van der Waals surface area contributed by atoms with Gasteiger partial charge in [-0.1, -0.05) is 79.1 Å². The van der Waals surface area contributed by atoms with Crippen LogP contribution in [-0.4, -0.2) is 62.3 Å². The van der Waals surface area contributed by atoms with Gasteiger partial charge >= 0.3 is 0 Å². The second-order valence-electron chi connectivity index (χ2n) is 9.51. The number of likely N-dealkylation sites (tertiary alicyclic amines) is 1. The number of rotatable bonds is 8. The van der Waals surface area contributed by atoms with E-state index in [2.05, 4.69) is 68.5 Å². The molecule has 0 spiro atoms. The molecule has 1 fully saturated rings. The summed E-state index contributed by atoms with van der Waals surface area (Å²) in [5.74, 6) is 5.12. The van der Waals surface area contributed by atoms with Gasteiger partial charge in [-0.25, -0.2) is 0 Å². The molecule has 244 valence electrons. The minimum Gasteiger partial charge on any atom is -0.483 e. The van der Waals surface area contributed by atoms with Gasteiger partial charge in [0.15, 0.2) is 0 Å². The fourth-order valence-electron chi connectivity index (χ4n) is 3.09. The van der Waals surface area contributed by atoms with Gasteiger partial charge < -0.3 is 15.3 Å². The summed E-state index contributed by atoms with van der Waals surface area (Å²) >= 11 is 1.68. The van der Waals surface area contributed by atoms with Gasteiger partial charge in [-0.15, -0.1) is 13.0 Å². The highest BCUT2D eigenvalue weighted by Gasteiger charge is 2.18. The molecule has 0 saturated carbocycles. The summed E-state index contributed by atoms with van der Waals surface area (Å²) < 4.78 is 0. The van der Waals surface area contributed by atoms with Gasteiger partial charge in [0.25, 0.3) is 6.47 Å². The lowest BCUT2D eigenvalue weighted by Crippen LogP contribution is -2.18. The number of hydrogen-bond acceptors (Lipinski definition) is 5. The summed E-state index contributed by atoms with van der Waals surface area (Å²) in [4.78, 5) is 21.9. The molecule has 7 heteroatoms. The number of allylic oxidation sites excluding steroid dienone is 4. The number of amidine groups is 1. The third-order valence-electron chi connectivity index (χ3n) is 4.79. The predicted molar refractivity (Wildman–Crippen MR) is 196 cm³/mol. The molecule has 1 atom stereocenters. The second kappa shape index (κ2) is 35.1. The van der Waals surface area contributed by atoms with Gasteiger partial charge in [0.05, 0.1) is 5.84 Å². The van der Waals surface area contributed by atoms with E-state index in [1.165, 1.54) is 18.5 Å². The Kier molecular flexibility index (Phi) is 38.3. The molecule has 6 nitrogen and oxygen atoms in total. The average Bonchev–Trinajstić information content (AvgIpc) is 3.42. The molecule has 0 bridgehead atoms. The van der Waals surface area contributed by atoms with Crippen LogP contribution in [-0.2, 0) is 4.79 Å². The predicted octanol–water partition coefficient (Wildman–Crippen LogP) is 9.21. The second-order valence-corrected chi connectivity index (χ2v) is 10.7. The number of terminal acetylenes is 1. The smallest absolute Gasteiger partial charge is 0.290 e. The van der Waals surface area contributed by atoms with Crippen molar-refractivity contribution in [3.05, 3.63) is 65.2 Å². The van der Waals surface area contributed by atoms with Crippen LogP contribution in [0.5, 0.6) is 0 Å². The van der Waals surface area contributed by atoms with Gasteiger partial charge in [0, 0.05) is 47.9 Å². The van der Waals surface area contributed by atoms with E-state index in [4.69, 9.17) is 21.3 Å². The number of carbonyl (C=O) groups is 1. The molecular formula is C36H62N4O2S. The van der Waals surface area contributed by atoms with E-state index in [0.29, 0.717) is 5.92 Å². The van der Waals surface area contributed by atoms with Crippen molar-refractivity contribution in [3.63, 3.8) is 0 Å². The molecule has 1 aliphatic rings. The first-order valence-electron chi connectivity index (χ1n) is 15.3. The molecule has 0 amide bonds. The van der Waals surface area contributed by atoms with Crippen LogP contribution in [0.3, 0.4) is 0 Å². The summed E-state index contributed by atoms with van der Waals surface area (Å²) in [6, 6.07) is 8.01. The molecule has 1 aliphatic heterocycles. The van der Waals surface area contributed by atoms with Crippen LogP contribution < -0.4 is 5.32 Å². The van der Waals surface area contributed by atoms with E-state index >= 15 is 0 Å². The molecule has 1 aromatic rings. The Morgan fingerprint density at radius 3 is 2.14 bits per heavy atom. The first kappa shape index (κ1) is 46.9. The number of nitrogens with one attached hydrogen (secondary N) is 1. The standard InChI is InChI=1S/C24H32N4S.C4H10.C3H6.2C2H6.CH2O2/c1-6-20-8-10-23(11-9-20)29-24(17-25-4)14-21(7-2)15-26-19(3)27-16-22-12-13-28(5)18-22;1-4(2)3;1-3-2;2*1-2;2-1-3/h1,8-11,14-15,17,22H,7,12-13,16,18H2,2-5H3,(H,26,27);4H,1-3H3;3H,1H2,2H3;2*1-2H3;1H,(H,2,3)/b21-15+,24-14+,25-17?;;;;;. The summed E-state index contributed by atoms with van der Waals surface area (Å²) in [5, 5.41) is 10.2. The van der Waals surface area contributed by atoms with Gasteiger partial charge in [0.2, 0.25) is 0 Å². The van der Waals surface area contributed by atoms with Crippen molar-refractivity contribution >= 4 is 30.3 Å². The van der Waals surface area contributed by atoms with Crippen LogP contribution in [0.15, 0.2) is 74.6 Å². The fraction of sp³-hybridized carbons (Fsp3) is 0.528. The highest BCUT2D eigenvalue weighted by atomic mass is 32.2. The van der Waals surface area contributed by atoms with Crippen molar-refractivity contribution in [2.24, 2.45) is 21.8 Å². The molecule has 0 radical (unpaired) electrons. The number of nitrogens with zero attached hydrogens (tertiary/aromatic N) is 3. The van der Waals surface area contributed by atoms with Crippen LogP contribution in [0, 0.1) is 24.2 Å². The lowest BCUT2D eigenvalue weighted by molar-refractivity contribution is -0.122. The largest absolute Gasteiger partial charge is 0.483 e. The molecule has 1 unspecified atom stereocenters. The molecule has 43 heavy (non-hydrogen) atoms. The Hall–Kier alpha value is -3.08. The average molecular weight is 615 g/mol. The number of benzene rings is 1. The summed E-state index contributed by atoms with van der Waals surface area (Å²) in [6.07, 6.45) is 15.5. The monoisotopic (exact) mass is 614 g/mol. The van der Waals surface area contributed by atoms with E-state index < -0.39 is 0 Å². The van der Waals surface area contributed by atoms with Crippen LogP contribution in [0.2, 0.25) is 0 Å². The molecule has 1 aromatic carbocycles.